The van der Waals surface area contributed by atoms with Gasteiger partial charge in [-0.15, -0.1) is 6.58 Å². The van der Waals surface area contributed by atoms with Crippen molar-refractivity contribution in [1.29, 1.82) is 0 Å². The van der Waals surface area contributed by atoms with Gasteiger partial charge in [-0.1, -0.05) is 6.08 Å². The van der Waals surface area contributed by atoms with E-state index in [9.17, 15) is 32.5 Å². The summed E-state index contributed by atoms with van der Waals surface area (Å²) < 4.78 is 50.7. The fraction of sp³-hybridized carbons (Fsp3) is 0.250. The van der Waals surface area contributed by atoms with Gasteiger partial charge in [0.15, 0.2) is 0 Å². The summed E-state index contributed by atoms with van der Waals surface area (Å²) in [5.41, 5.74) is -1.39. The molecule has 9 heteroatoms. The number of carbonyl (C=O) groups excluding carboxylic acids is 1. The van der Waals surface area contributed by atoms with E-state index in [4.69, 9.17) is 0 Å². The number of rotatable bonds is 5. The van der Waals surface area contributed by atoms with Gasteiger partial charge in [-0.05, 0) is 6.07 Å². The fourth-order valence-electron chi connectivity index (χ4n) is 1.55. The standard InChI is InChI=1S/C12H10F4N2O3/c1-2-5-17(7-12(14,15)16)11(19)9-6-8(18(20)21)3-4-10(9)13/h2-4,6H,1,5,7H2. The van der Waals surface area contributed by atoms with Crippen molar-refractivity contribution in [1.82, 2.24) is 4.90 Å². The molecule has 114 valence electrons. The van der Waals surface area contributed by atoms with Gasteiger partial charge in [0.2, 0.25) is 0 Å². The zero-order valence-corrected chi connectivity index (χ0v) is 10.6. The Balaban J connectivity index is 3.16. The number of hydrogen-bond donors (Lipinski definition) is 0. The molecule has 0 radical (unpaired) electrons. The molecule has 1 aromatic rings. The second-order valence-electron chi connectivity index (χ2n) is 4.01. The minimum absolute atomic E-state index is 0.301. The molecule has 0 aliphatic heterocycles. The summed E-state index contributed by atoms with van der Waals surface area (Å²) in [5, 5.41) is 10.6. The summed E-state index contributed by atoms with van der Waals surface area (Å²) in [6.45, 7) is 1.13. The first kappa shape index (κ1) is 16.6. The van der Waals surface area contributed by atoms with Crippen LogP contribution in [-0.2, 0) is 0 Å². The van der Waals surface area contributed by atoms with Crippen LogP contribution in [0.25, 0.3) is 0 Å². The molecule has 0 saturated heterocycles. The van der Waals surface area contributed by atoms with Crippen LogP contribution in [0.3, 0.4) is 0 Å². The predicted octanol–water partition coefficient (Wildman–Crippen LogP) is 2.92. The maximum atomic E-state index is 13.5. The fourth-order valence-corrected chi connectivity index (χ4v) is 1.55. The summed E-state index contributed by atoms with van der Waals surface area (Å²) in [6.07, 6.45) is -3.64. The molecule has 0 aliphatic carbocycles. The first-order chi connectivity index (χ1) is 9.65. The van der Waals surface area contributed by atoms with Gasteiger partial charge in [0.1, 0.15) is 12.4 Å². The van der Waals surface area contributed by atoms with Crippen LogP contribution in [0.2, 0.25) is 0 Å². The molecule has 0 bridgehead atoms. The first-order valence-electron chi connectivity index (χ1n) is 5.56. The number of hydrogen-bond acceptors (Lipinski definition) is 3. The number of non-ortho nitro benzene ring substituents is 1. The van der Waals surface area contributed by atoms with Gasteiger partial charge < -0.3 is 4.90 Å². The van der Waals surface area contributed by atoms with E-state index in [0.717, 1.165) is 12.1 Å². The van der Waals surface area contributed by atoms with Gasteiger partial charge in [0, 0.05) is 18.7 Å². The summed E-state index contributed by atoms with van der Waals surface area (Å²) in [5.74, 6) is -2.43. The van der Waals surface area contributed by atoms with Gasteiger partial charge in [0.25, 0.3) is 11.6 Å². The van der Waals surface area contributed by atoms with Crippen molar-refractivity contribution in [3.63, 3.8) is 0 Å². The summed E-state index contributed by atoms with van der Waals surface area (Å²) in [4.78, 5) is 21.9. The van der Waals surface area contributed by atoms with Crippen LogP contribution in [0.4, 0.5) is 23.2 Å². The Morgan fingerprint density at radius 2 is 2.05 bits per heavy atom. The highest BCUT2D eigenvalue weighted by atomic mass is 19.4. The van der Waals surface area contributed by atoms with Crippen LogP contribution in [0.15, 0.2) is 30.9 Å². The highest BCUT2D eigenvalue weighted by Crippen LogP contribution is 2.21. The Hall–Kier alpha value is -2.45. The zero-order valence-electron chi connectivity index (χ0n) is 10.6. The topological polar surface area (TPSA) is 63.5 Å². The molecule has 0 spiro atoms. The predicted molar refractivity (Wildman–Crippen MR) is 65.2 cm³/mol. The molecule has 0 fully saturated rings. The van der Waals surface area contributed by atoms with Crippen molar-refractivity contribution in [2.24, 2.45) is 0 Å². The van der Waals surface area contributed by atoms with Gasteiger partial charge >= 0.3 is 6.18 Å². The minimum Gasteiger partial charge on any atom is -0.326 e. The van der Waals surface area contributed by atoms with E-state index in [2.05, 4.69) is 6.58 Å². The molecular weight excluding hydrogens is 296 g/mol. The lowest BCUT2D eigenvalue weighted by molar-refractivity contribution is -0.384. The number of nitro groups is 1. The molecule has 0 atom stereocenters. The summed E-state index contributed by atoms with van der Waals surface area (Å²) in [7, 11) is 0. The Morgan fingerprint density at radius 3 is 2.52 bits per heavy atom. The molecule has 1 aromatic carbocycles. The van der Waals surface area contributed by atoms with Gasteiger partial charge in [-0.3, -0.25) is 14.9 Å². The number of nitrogens with zero attached hydrogens (tertiary/aromatic N) is 2. The maximum absolute atomic E-state index is 13.5. The van der Waals surface area contributed by atoms with E-state index in [1.54, 1.807) is 0 Å². The average molecular weight is 306 g/mol. The lowest BCUT2D eigenvalue weighted by Crippen LogP contribution is -2.39. The van der Waals surface area contributed by atoms with E-state index in [1.165, 1.54) is 0 Å². The Morgan fingerprint density at radius 1 is 1.43 bits per heavy atom. The van der Waals surface area contributed by atoms with Crippen molar-refractivity contribution >= 4 is 11.6 Å². The Kier molecular flexibility index (Phi) is 5.01. The molecule has 0 aromatic heterocycles. The molecule has 1 rings (SSSR count). The summed E-state index contributed by atoms with van der Waals surface area (Å²) in [6, 6.07) is 2.07. The van der Waals surface area contributed by atoms with Crippen LogP contribution < -0.4 is 0 Å². The molecule has 0 saturated carbocycles. The van der Waals surface area contributed by atoms with E-state index in [1.807, 2.05) is 0 Å². The van der Waals surface area contributed by atoms with E-state index >= 15 is 0 Å². The lowest BCUT2D eigenvalue weighted by Gasteiger charge is -2.22. The Bertz CT molecular complexity index is 572. The van der Waals surface area contributed by atoms with Crippen molar-refractivity contribution in [2.45, 2.75) is 6.18 Å². The molecule has 0 N–H and O–H groups in total. The van der Waals surface area contributed by atoms with Crippen molar-refractivity contribution in [2.75, 3.05) is 13.1 Å². The third kappa shape index (κ3) is 4.55. The van der Waals surface area contributed by atoms with E-state index in [-0.39, 0.29) is 0 Å². The zero-order chi connectivity index (χ0) is 16.2. The van der Waals surface area contributed by atoms with E-state index < -0.39 is 47.2 Å². The number of nitro benzene ring substituents is 1. The van der Waals surface area contributed by atoms with Crippen LogP contribution >= 0.6 is 0 Å². The number of halogens is 4. The highest BCUT2D eigenvalue weighted by Gasteiger charge is 2.34. The second kappa shape index (κ2) is 6.33. The first-order valence-corrected chi connectivity index (χ1v) is 5.56. The molecule has 5 nitrogen and oxygen atoms in total. The highest BCUT2D eigenvalue weighted by molar-refractivity contribution is 5.95. The molecule has 21 heavy (non-hydrogen) atoms. The maximum Gasteiger partial charge on any atom is 0.406 e. The van der Waals surface area contributed by atoms with Crippen LogP contribution in [0.5, 0.6) is 0 Å². The Labute approximate surface area is 116 Å². The number of amides is 1. The molecule has 0 heterocycles. The van der Waals surface area contributed by atoms with Crippen molar-refractivity contribution < 1.29 is 27.3 Å². The van der Waals surface area contributed by atoms with E-state index in [0.29, 0.717) is 17.0 Å². The van der Waals surface area contributed by atoms with Crippen LogP contribution in [0, 0.1) is 15.9 Å². The quantitative estimate of drug-likeness (QED) is 0.364. The number of alkyl halides is 3. The number of carbonyl (C=O) groups is 1. The summed E-state index contributed by atoms with van der Waals surface area (Å²) >= 11 is 0. The van der Waals surface area contributed by atoms with Gasteiger partial charge in [0.05, 0.1) is 10.5 Å². The number of benzene rings is 1. The SMILES string of the molecule is C=CCN(CC(F)(F)F)C(=O)c1cc([N+](=O)[O-])ccc1F. The van der Waals surface area contributed by atoms with Gasteiger partial charge in [-0.25, -0.2) is 4.39 Å². The smallest absolute Gasteiger partial charge is 0.326 e. The lowest BCUT2D eigenvalue weighted by atomic mass is 10.1. The normalized spacial score (nSPS) is 11.0. The molecular formula is C12H10F4N2O3. The van der Waals surface area contributed by atoms with Crippen LogP contribution in [0.1, 0.15) is 10.4 Å². The van der Waals surface area contributed by atoms with Crippen LogP contribution in [-0.4, -0.2) is 35.0 Å². The third-order valence-electron chi connectivity index (χ3n) is 2.40. The third-order valence-corrected chi connectivity index (χ3v) is 2.40. The monoisotopic (exact) mass is 306 g/mol. The van der Waals surface area contributed by atoms with Gasteiger partial charge in [-0.2, -0.15) is 13.2 Å². The molecule has 1 amide bonds. The molecule has 0 aliphatic rings. The largest absolute Gasteiger partial charge is 0.406 e. The molecule has 0 unspecified atom stereocenters. The minimum atomic E-state index is -4.68. The second-order valence-corrected chi connectivity index (χ2v) is 4.01. The average Bonchev–Trinajstić information content (AvgIpc) is 2.36. The van der Waals surface area contributed by atoms with Crippen molar-refractivity contribution in [3.8, 4) is 0 Å². The van der Waals surface area contributed by atoms with Crippen molar-refractivity contribution in [3.05, 3.63) is 52.3 Å².